The number of cyclic esters (lactones) is 2. The van der Waals surface area contributed by atoms with Crippen LogP contribution in [-0.2, 0) is 9.47 Å². The second kappa shape index (κ2) is 9.86. The summed E-state index contributed by atoms with van der Waals surface area (Å²) in [5, 5.41) is 5.64. The van der Waals surface area contributed by atoms with Crippen LogP contribution < -0.4 is 10.6 Å². The lowest BCUT2D eigenvalue weighted by Gasteiger charge is -2.17. The minimum absolute atomic E-state index is 0.00431. The number of esters is 2. The highest BCUT2D eigenvalue weighted by Crippen LogP contribution is 2.20. The third-order valence-electron chi connectivity index (χ3n) is 4.55. The first kappa shape index (κ1) is 22.0. The Morgan fingerprint density at radius 2 is 1.10 bits per heavy atom. The van der Waals surface area contributed by atoms with Crippen molar-refractivity contribution in [2.24, 2.45) is 0 Å². The van der Waals surface area contributed by atoms with E-state index in [-0.39, 0.29) is 46.9 Å². The molecule has 2 aromatic heterocycles. The molecular formula is C20H22N2O6S2. The highest BCUT2D eigenvalue weighted by Gasteiger charge is 2.22. The van der Waals surface area contributed by atoms with E-state index in [2.05, 4.69) is 10.6 Å². The molecule has 2 unspecified atom stereocenters. The van der Waals surface area contributed by atoms with Crippen LogP contribution in [0.1, 0.15) is 65.4 Å². The lowest BCUT2D eigenvalue weighted by Crippen LogP contribution is -2.38. The summed E-state index contributed by atoms with van der Waals surface area (Å²) in [6.45, 7) is 3.72. The van der Waals surface area contributed by atoms with Crippen LogP contribution in [-0.4, -0.2) is 49.1 Å². The van der Waals surface area contributed by atoms with E-state index >= 15 is 0 Å². The molecule has 0 saturated carbocycles. The van der Waals surface area contributed by atoms with Gasteiger partial charge in [0.1, 0.15) is 23.0 Å². The number of hydrogen-bond donors (Lipinski definition) is 2. The van der Waals surface area contributed by atoms with E-state index in [1.807, 2.05) is 13.8 Å². The summed E-state index contributed by atoms with van der Waals surface area (Å²) in [4.78, 5) is 50.9. The molecule has 0 aliphatic carbocycles. The van der Waals surface area contributed by atoms with Gasteiger partial charge in [0.15, 0.2) is 0 Å². The predicted octanol–water partition coefficient (Wildman–Crippen LogP) is 2.85. The van der Waals surface area contributed by atoms with Crippen molar-refractivity contribution in [3.05, 3.63) is 43.8 Å². The number of carbonyl (C=O) groups excluding carboxylic acids is 4. The van der Waals surface area contributed by atoms with E-state index in [0.717, 1.165) is 22.7 Å². The summed E-state index contributed by atoms with van der Waals surface area (Å²) in [5.41, 5.74) is 0. The van der Waals surface area contributed by atoms with Gasteiger partial charge in [-0.25, -0.2) is 9.59 Å². The summed E-state index contributed by atoms with van der Waals surface area (Å²) in [6.07, 6.45) is 1.11. The Morgan fingerprint density at radius 1 is 0.733 bits per heavy atom. The number of rotatable bonds is 2. The number of fused-ring (bicyclic) bond motifs is 4. The molecule has 4 bridgehead atoms. The van der Waals surface area contributed by atoms with Gasteiger partial charge in [0.2, 0.25) is 0 Å². The SMILES string of the molecule is CCC1COC(=O)c2ccc(s2)C(=O)OCC(CC)NC(=O)c2ccc(s2)C(=O)N1. The first-order valence-electron chi connectivity index (χ1n) is 9.56. The molecule has 3 rings (SSSR count). The van der Waals surface area contributed by atoms with E-state index in [1.54, 1.807) is 12.1 Å². The molecule has 2 amide bonds. The standard InChI is InChI=1S/C20H22N2O6S2/c1-3-11-9-27-19(25)15-7-8-16(30-15)20(26)28-10-12(4-2)22-18(24)14-6-5-13(29-14)17(23)21-11/h5-8,11-12H,3-4,9-10H2,1-2H3,(H,21,23)(H,22,24). The number of ether oxygens (including phenoxy) is 2. The Kier molecular flexibility index (Phi) is 7.22. The van der Waals surface area contributed by atoms with Crippen molar-refractivity contribution in [1.29, 1.82) is 0 Å². The number of amides is 2. The summed E-state index contributed by atoms with van der Waals surface area (Å²) in [5.74, 6) is -1.79. The largest absolute Gasteiger partial charge is 0.459 e. The molecule has 0 aromatic carbocycles. The van der Waals surface area contributed by atoms with Gasteiger partial charge in [-0.2, -0.15) is 0 Å². The maximum Gasteiger partial charge on any atom is 0.348 e. The molecule has 2 atom stereocenters. The van der Waals surface area contributed by atoms with E-state index in [0.29, 0.717) is 22.6 Å². The normalized spacial score (nSPS) is 21.0. The van der Waals surface area contributed by atoms with E-state index in [1.165, 1.54) is 12.1 Å². The van der Waals surface area contributed by atoms with Gasteiger partial charge in [0.25, 0.3) is 11.8 Å². The first-order chi connectivity index (χ1) is 14.4. The molecule has 0 saturated heterocycles. The Labute approximate surface area is 181 Å². The smallest absolute Gasteiger partial charge is 0.348 e. The van der Waals surface area contributed by atoms with Crippen LogP contribution in [0.2, 0.25) is 0 Å². The average molecular weight is 451 g/mol. The van der Waals surface area contributed by atoms with Gasteiger partial charge in [0.05, 0.1) is 21.8 Å². The third-order valence-corrected chi connectivity index (χ3v) is 6.68. The van der Waals surface area contributed by atoms with Gasteiger partial charge in [-0.3, -0.25) is 9.59 Å². The third kappa shape index (κ3) is 5.25. The lowest BCUT2D eigenvalue weighted by atomic mass is 10.2. The Balaban J connectivity index is 1.84. The van der Waals surface area contributed by atoms with E-state index < -0.39 is 11.9 Å². The summed E-state index contributed by atoms with van der Waals surface area (Å²) in [7, 11) is 0. The van der Waals surface area contributed by atoms with Crippen molar-refractivity contribution in [3.63, 3.8) is 0 Å². The Hall–Kier alpha value is -2.72. The Morgan fingerprint density at radius 3 is 1.50 bits per heavy atom. The Bertz CT molecular complexity index is 880. The van der Waals surface area contributed by atoms with Gasteiger partial charge in [0, 0.05) is 0 Å². The van der Waals surface area contributed by atoms with Crippen LogP contribution >= 0.6 is 22.7 Å². The maximum absolute atomic E-state index is 12.5. The fourth-order valence-corrected chi connectivity index (χ4v) is 4.28. The molecule has 8 nitrogen and oxygen atoms in total. The van der Waals surface area contributed by atoms with Crippen LogP contribution in [0.15, 0.2) is 24.3 Å². The highest BCUT2D eigenvalue weighted by atomic mass is 32.1. The second-order valence-corrected chi connectivity index (χ2v) is 8.85. The number of hydrogen-bond acceptors (Lipinski definition) is 8. The summed E-state index contributed by atoms with van der Waals surface area (Å²) >= 11 is 2.04. The molecular weight excluding hydrogens is 428 g/mol. The molecule has 30 heavy (non-hydrogen) atoms. The summed E-state index contributed by atoms with van der Waals surface area (Å²) in [6, 6.07) is 5.40. The first-order valence-corrected chi connectivity index (χ1v) is 11.2. The zero-order valence-electron chi connectivity index (χ0n) is 16.6. The van der Waals surface area contributed by atoms with Gasteiger partial charge >= 0.3 is 11.9 Å². The van der Waals surface area contributed by atoms with Crippen molar-refractivity contribution in [3.8, 4) is 0 Å². The molecule has 1 aliphatic rings. The van der Waals surface area contributed by atoms with Gasteiger partial charge in [-0.1, -0.05) is 13.8 Å². The lowest BCUT2D eigenvalue weighted by molar-refractivity contribution is 0.0457. The minimum atomic E-state index is -0.565. The van der Waals surface area contributed by atoms with Crippen LogP contribution in [0.4, 0.5) is 0 Å². The number of carbonyl (C=O) groups is 4. The van der Waals surface area contributed by atoms with Crippen LogP contribution in [0.5, 0.6) is 0 Å². The van der Waals surface area contributed by atoms with Crippen LogP contribution in [0.25, 0.3) is 0 Å². The second-order valence-electron chi connectivity index (χ2n) is 6.68. The number of nitrogens with one attached hydrogen (secondary N) is 2. The van der Waals surface area contributed by atoms with Crippen molar-refractivity contribution in [2.45, 2.75) is 38.8 Å². The topological polar surface area (TPSA) is 111 Å². The molecule has 3 heterocycles. The quantitative estimate of drug-likeness (QED) is 0.681. The summed E-state index contributed by atoms with van der Waals surface area (Å²) < 4.78 is 10.6. The molecule has 1 aliphatic heterocycles. The molecule has 0 radical (unpaired) electrons. The zero-order chi connectivity index (χ0) is 21.7. The number of thiophene rings is 2. The van der Waals surface area contributed by atoms with Gasteiger partial charge in [-0.15, -0.1) is 22.7 Å². The average Bonchev–Trinajstić information content (AvgIpc) is 3.42. The maximum atomic E-state index is 12.5. The van der Waals surface area contributed by atoms with E-state index in [9.17, 15) is 19.2 Å². The van der Waals surface area contributed by atoms with Gasteiger partial charge < -0.3 is 20.1 Å². The molecule has 2 N–H and O–H groups in total. The molecule has 0 fully saturated rings. The van der Waals surface area contributed by atoms with Gasteiger partial charge in [-0.05, 0) is 37.1 Å². The van der Waals surface area contributed by atoms with Crippen molar-refractivity contribution < 1.29 is 28.7 Å². The molecule has 2 aromatic rings. The van der Waals surface area contributed by atoms with E-state index in [4.69, 9.17) is 9.47 Å². The molecule has 10 heteroatoms. The fourth-order valence-electron chi connectivity index (χ4n) is 2.67. The van der Waals surface area contributed by atoms with Crippen molar-refractivity contribution >= 4 is 46.4 Å². The van der Waals surface area contributed by atoms with Crippen LogP contribution in [0.3, 0.4) is 0 Å². The fraction of sp³-hybridized carbons (Fsp3) is 0.400. The highest BCUT2D eigenvalue weighted by molar-refractivity contribution is 7.16. The zero-order valence-corrected chi connectivity index (χ0v) is 18.2. The minimum Gasteiger partial charge on any atom is -0.459 e. The molecule has 160 valence electrons. The van der Waals surface area contributed by atoms with Crippen molar-refractivity contribution in [2.75, 3.05) is 13.2 Å². The molecule has 0 spiro atoms. The predicted molar refractivity (Wildman–Crippen MR) is 112 cm³/mol. The van der Waals surface area contributed by atoms with Crippen molar-refractivity contribution in [1.82, 2.24) is 10.6 Å². The monoisotopic (exact) mass is 450 g/mol. The van der Waals surface area contributed by atoms with Crippen LogP contribution in [0, 0.1) is 0 Å².